The third kappa shape index (κ3) is 5.13. The maximum Gasteiger partial charge on any atom is 0.257 e. The fourth-order valence-corrected chi connectivity index (χ4v) is 5.90. The number of nitrogens with one attached hydrogen (secondary N) is 2. The van der Waals surface area contributed by atoms with Crippen molar-refractivity contribution in [1.29, 1.82) is 0 Å². The topological polar surface area (TPSA) is 108 Å². The minimum atomic E-state index is -3.61. The van der Waals surface area contributed by atoms with E-state index in [1.807, 2.05) is 17.5 Å². The van der Waals surface area contributed by atoms with Crippen LogP contribution in [0.1, 0.15) is 35.7 Å². The number of anilines is 2. The smallest absolute Gasteiger partial charge is 0.257 e. The summed E-state index contributed by atoms with van der Waals surface area (Å²) in [6.45, 7) is 4.23. The maximum atomic E-state index is 12.9. The number of nitrogens with zero attached hydrogens (tertiary/aromatic N) is 2. The Balaban J connectivity index is 1.51. The Bertz CT molecular complexity index is 1290. The average molecular weight is 485 g/mol. The van der Waals surface area contributed by atoms with Crippen molar-refractivity contribution in [2.45, 2.75) is 31.6 Å². The van der Waals surface area contributed by atoms with Gasteiger partial charge in [0.05, 0.1) is 10.6 Å². The molecule has 172 valence electrons. The van der Waals surface area contributed by atoms with Gasteiger partial charge in [0.25, 0.3) is 5.91 Å². The van der Waals surface area contributed by atoms with Crippen LogP contribution in [0.2, 0.25) is 0 Å². The Labute approximate surface area is 196 Å². The molecular formula is C23H24N4O4S2. The van der Waals surface area contributed by atoms with Crippen LogP contribution in [0.25, 0.3) is 11.3 Å². The van der Waals surface area contributed by atoms with E-state index in [-0.39, 0.29) is 10.8 Å². The first kappa shape index (κ1) is 23.1. The van der Waals surface area contributed by atoms with Gasteiger partial charge in [0.2, 0.25) is 15.9 Å². The molecule has 0 bridgehead atoms. The van der Waals surface area contributed by atoms with Crippen LogP contribution in [0, 0.1) is 6.92 Å². The zero-order chi connectivity index (χ0) is 23.6. The molecule has 2 heterocycles. The quantitative estimate of drug-likeness (QED) is 0.547. The van der Waals surface area contributed by atoms with Gasteiger partial charge in [-0.1, -0.05) is 18.2 Å². The van der Waals surface area contributed by atoms with Crippen molar-refractivity contribution in [1.82, 2.24) is 9.29 Å². The summed E-state index contributed by atoms with van der Waals surface area (Å²) in [6.07, 6.45) is 1.70. The fraction of sp³-hybridized carbons (Fsp3) is 0.261. The maximum absolute atomic E-state index is 12.9. The standard InChI is InChI=1S/C23H24N4O4S2/c1-15-5-10-19(33(30,31)27-11-3-4-12-27)13-20(15)22(29)26-23-25-21(14-32-23)17-6-8-18(9-7-17)24-16(2)28/h5-10,13-14H,3-4,11-12H2,1-2H3,(H,24,28)(H,25,26,29). The van der Waals surface area contributed by atoms with E-state index in [9.17, 15) is 18.0 Å². The van der Waals surface area contributed by atoms with Crippen LogP contribution in [0.15, 0.2) is 52.7 Å². The van der Waals surface area contributed by atoms with Gasteiger partial charge in [-0.15, -0.1) is 11.3 Å². The van der Waals surface area contributed by atoms with E-state index in [4.69, 9.17) is 0 Å². The number of thiazole rings is 1. The molecule has 1 saturated heterocycles. The van der Waals surface area contributed by atoms with E-state index >= 15 is 0 Å². The summed E-state index contributed by atoms with van der Waals surface area (Å²) in [5.74, 6) is -0.554. The van der Waals surface area contributed by atoms with Gasteiger partial charge in [0.15, 0.2) is 5.13 Å². The fourth-order valence-electron chi connectivity index (χ4n) is 3.64. The Morgan fingerprint density at radius 3 is 2.39 bits per heavy atom. The molecule has 0 saturated carbocycles. The van der Waals surface area contributed by atoms with Gasteiger partial charge < -0.3 is 5.32 Å². The molecule has 3 aromatic rings. The van der Waals surface area contributed by atoms with Gasteiger partial charge >= 0.3 is 0 Å². The van der Waals surface area contributed by atoms with Crippen molar-refractivity contribution in [3.05, 3.63) is 59.0 Å². The highest BCUT2D eigenvalue weighted by atomic mass is 32.2. The van der Waals surface area contributed by atoms with Crippen LogP contribution in [-0.2, 0) is 14.8 Å². The lowest BCUT2D eigenvalue weighted by molar-refractivity contribution is -0.114. The number of benzene rings is 2. The van der Waals surface area contributed by atoms with Crippen LogP contribution in [0.4, 0.5) is 10.8 Å². The van der Waals surface area contributed by atoms with Gasteiger partial charge in [-0.05, 0) is 49.6 Å². The van der Waals surface area contributed by atoms with Crippen LogP contribution in [-0.4, -0.2) is 42.6 Å². The van der Waals surface area contributed by atoms with Crippen LogP contribution >= 0.6 is 11.3 Å². The van der Waals surface area contributed by atoms with Gasteiger partial charge in [0, 0.05) is 42.2 Å². The number of rotatable bonds is 6. The molecule has 1 aliphatic rings. The SMILES string of the molecule is CC(=O)Nc1ccc(-c2csc(NC(=O)c3cc(S(=O)(=O)N4CCCC4)ccc3C)n2)cc1. The molecule has 2 amide bonds. The highest BCUT2D eigenvalue weighted by Gasteiger charge is 2.28. The molecule has 8 nitrogen and oxygen atoms in total. The first-order chi connectivity index (χ1) is 15.7. The first-order valence-corrected chi connectivity index (χ1v) is 12.8. The van der Waals surface area contributed by atoms with Crippen molar-refractivity contribution in [2.75, 3.05) is 23.7 Å². The molecule has 0 aliphatic carbocycles. The Kier molecular flexibility index (Phi) is 6.59. The summed E-state index contributed by atoms with van der Waals surface area (Å²) in [5.41, 5.74) is 3.20. The number of carbonyl (C=O) groups is 2. The Morgan fingerprint density at radius 2 is 1.73 bits per heavy atom. The van der Waals surface area contributed by atoms with E-state index in [1.165, 1.54) is 28.6 Å². The number of amides is 2. The molecule has 2 aromatic carbocycles. The van der Waals surface area contributed by atoms with E-state index in [0.717, 1.165) is 18.4 Å². The van der Waals surface area contributed by atoms with E-state index in [2.05, 4.69) is 15.6 Å². The highest BCUT2D eigenvalue weighted by Crippen LogP contribution is 2.27. The van der Waals surface area contributed by atoms with Crippen molar-refractivity contribution in [3.8, 4) is 11.3 Å². The predicted molar refractivity (Wildman–Crippen MR) is 129 cm³/mol. The first-order valence-electron chi connectivity index (χ1n) is 10.5. The van der Waals surface area contributed by atoms with Crippen molar-refractivity contribution >= 4 is 44.0 Å². The molecule has 2 N–H and O–H groups in total. The zero-order valence-corrected chi connectivity index (χ0v) is 19.9. The Morgan fingerprint density at radius 1 is 1.03 bits per heavy atom. The molecule has 33 heavy (non-hydrogen) atoms. The second-order valence-corrected chi connectivity index (χ2v) is 10.6. The third-order valence-electron chi connectivity index (χ3n) is 5.38. The summed E-state index contributed by atoms with van der Waals surface area (Å²) >= 11 is 1.28. The normalized spacial score (nSPS) is 14.2. The highest BCUT2D eigenvalue weighted by molar-refractivity contribution is 7.89. The van der Waals surface area contributed by atoms with Crippen molar-refractivity contribution < 1.29 is 18.0 Å². The molecule has 4 rings (SSSR count). The summed E-state index contributed by atoms with van der Waals surface area (Å²) < 4.78 is 27.2. The van der Waals surface area contributed by atoms with Gasteiger partial charge in [-0.2, -0.15) is 4.31 Å². The lowest BCUT2D eigenvalue weighted by atomic mass is 10.1. The summed E-state index contributed by atoms with van der Waals surface area (Å²) in [6, 6.07) is 11.9. The minimum absolute atomic E-state index is 0.124. The number of aryl methyl sites for hydroxylation is 1. The summed E-state index contributed by atoms with van der Waals surface area (Å²) in [7, 11) is -3.61. The van der Waals surface area contributed by atoms with Crippen LogP contribution < -0.4 is 10.6 Å². The second-order valence-electron chi connectivity index (χ2n) is 7.84. The van der Waals surface area contributed by atoms with E-state index < -0.39 is 15.9 Å². The van der Waals surface area contributed by atoms with Gasteiger partial charge in [-0.25, -0.2) is 13.4 Å². The largest absolute Gasteiger partial charge is 0.326 e. The number of carbonyl (C=O) groups excluding carboxylic acids is 2. The van der Waals surface area contributed by atoms with Crippen molar-refractivity contribution in [2.24, 2.45) is 0 Å². The Hall–Kier alpha value is -3.08. The third-order valence-corrected chi connectivity index (χ3v) is 8.03. The monoisotopic (exact) mass is 484 g/mol. The molecule has 1 aromatic heterocycles. The predicted octanol–water partition coefficient (Wildman–Crippen LogP) is 4.11. The molecule has 1 aliphatic heterocycles. The molecule has 1 fully saturated rings. The minimum Gasteiger partial charge on any atom is -0.326 e. The average Bonchev–Trinajstić information content (AvgIpc) is 3.47. The number of aromatic nitrogens is 1. The second kappa shape index (κ2) is 9.42. The summed E-state index contributed by atoms with van der Waals surface area (Å²) in [5, 5.41) is 7.72. The van der Waals surface area contributed by atoms with Crippen molar-refractivity contribution in [3.63, 3.8) is 0 Å². The number of hydrogen-bond donors (Lipinski definition) is 2. The van der Waals surface area contributed by atoms with Crippen LogP contribution in [0.3, 0.4) is 0 Å². The number of hydrogen-bond acceptors (Lipinski definition) is 6. The lowest BCUT2D eigenvalue weighted by Crippen LogP contribution is -2.28. The molecule has 0 spiro atoms. The molecule has 0 radical (unpaired) electrons. The molecular weight excluding hydrogens is 460 g/mol. The zero-order valence-electron chi connectivity index (χ0n) is 18.3. The van der Waals surface area contributed by atoms with E-state index in [0.29, 0.717) is 40.7 Å². The van der Waals surface area contributed by atoms with E-state index in [1.54, 1.807) is 31.2 Å². The summed E-state index contributed by atoms with van der Waals surface area (Å²) in [4.78, 5) is 28.7. The van der Waals surface area contributed by atoms with Crippen LogP contribution in [0.5, 0.6) is 0 Å². The number of sulfonamides is 1. The molecule has 0 unspecified atom stereocenters. The van der Waals surface area contributed by atoms with Gasteiger partial charge in [-0.3, -0.25) is 14.9 Å². The molecule has 0 atom stereocenters. The van der Waals surface area contributed by atoms with Gasteiger partial charge in [0.1, 0.15) is 0 Å². The lowest BCUT2D eigenvalue weighted by Gasteiger charge is -2.16. The molecule has 10 heteroatoms.